The van der Waals surface area contributed by atoms with Crippen LogP contribution in [0.15, 0.2) is 24.4 Å². The highest BCUT2D eigenvalue weighted by atomic mass is 35.5. The van der Waals surface area contributed by atoms with Crippen LogP contribution in [-0.4, -0.2) is 63.3 Å². The largest absolute Gasteiger partial charge is 0.390 e. The van der Waals surface area contributed by atoms with Gasteiger partial charge in [-0.05, 0) is 22.0 Å². The maximum absolute atomic E-state index is 10.8. The number of β-amino-alcohol motifs (C(OH)–C–C–N with tert-alkyl or cyclic N) is 1. The fraction of sp³-hybridized carbons (Fsp3) is 0.471. The van der Waals surface area contributed by atoms with Crippen molar-refractivity contribution in [3.63, 3.8) is 0 Å². The molecule has 0 radical (unpaired) electrons. The third-order valence-electron chi connectivity index (χ3n) is 4.67. The molecule has 10 heteroatoms. The molecule has 0 aliphatic carbocycles. The van der Waals surface area contributed by atoms with Crippen LogP contribution in [0.25, 0.3) is 0 Å². The van der Waals surface area contributed by atoms with E-state index in [1.165, 1.54) is 6.20 Å². The van der Waals surface area contributed by atoms with Gasteiger partial charge in [-0.2, -0.15) is 0 Å². The number of halogens is 2. The number of piperazine rings is 1. The summed E-state index contributed by atoms with van der Waals surface area (Å²) >= 11 is 12.4. The van der Waals surface area contributed by atoms with Gasteiger partial charge in [-0.25, -0.2) is 0 Å². The van der Waals surface area contributed by atoms with Gasteiger partial charge in [0.2, 0.25) is 5.82 Å². The van der Waals surface area contributed by atoms with Gasteiger partial charge >= 0.3 is 5.82 Å². The first-order chi connectivity index (χ1) is 12.8. The summed E-state index contributed by atoms with van der Waals surface area (Å²) in [7, 11) is 0. The van der Waals surface area contributed by atoms with Crippen LogP contribution in [-0.2, 0) is 6.54 Å². The molecule has 3 rings (SSSR count). The van der Waals surface area contributed by atoms with E-state index in [0.717, 1.165) is 31.9 Å². The number of nitro groups is 1. The van der Waals surface area contributed by atoms with Crippen LogP contribution in [0.3, 0.4) is 0 Å². The number of aromatic nitrogens is 2. The van der Waals surface area contributed by atoms with Gasteiger partial charge < -0.3 is 24.7 Å². The van der Waals surface area contributed by atoms with Crippen LogP contribution in [0.5, 0.6) is 0 Å². The molecule has 2 heterocycles. The van der Waals surface area contributed by atoms with Crippen molar-refractivity contribution < 1.29 is 10.0 Å². The molecule has 0 bridgehead atoms. The summed E-state index contributed by atoms with van der Waals surface area (Å²) in [6, 6.07) is 5.60. The fourth-order valence-electron chi connectivity index (χ4n) is 3.26. The second-order valence-electron chi connectivity index (χ2n) is 6.57. The molecule has 1 atom stereocenters. The second kappa shape index (κ2) is 8.43. The molecule has 8 nitrogen and oxygen atoms in total. The minimum absolute atomic E-state index is 0.202. The minimum atomic E-state index is -0.640. The molecule has 1 aliphatic heterocycles. The summed E-state index contributed by atoms with van der Waals surface area (Å²) in [5.74, 6) is 0.313. The molecule has 1 N–H and O–H groups in total. The number of aryl methyl sites for hydroxylation is 1. The Morgan fingerprint density at radius 2 is 1.96 bits per heavy atom. The molecule has 1 saturated heterocycles. The highest BCUT2D eigenvalue weighted by molar-refractivity contribution is 6.43. The Balaban J connectivity index is 1.53. The van der Waals surface area contributed by atoms with Crippen molar-refractivity contribution in [2.45, 2.75) is 19.6 Å². The molecule has 1 aromatic carbocycles. The normalized spacial score (nSPS) is 16.5. The van der Waals surface area contributed by atoms with E-state index in [1.54, 1.807) is 17.6 Å². The zero-order chi connectivity index (χ0) is 19.6. The summed E-state index contributed by atoms with van der Waals surface area (Å²) < 4.78 is 1.62. The Hall–Kier alpha value is -1.87. The Labute approximate surface area is 167 Å². The van der Waals surface area contributed by atoms with E-state index in [-0.39, 0.29) is 12.4 Å². The van der Waals surface area contributed by atoms with Gasteiger partial charge in [-0.15, -0.1) is 0 Å². The summed E-state index contributed by atoms with van der Waals surface area (Å²) in [6.07, 6.45) is 0.719. The minimum Gasteiger partial charge on any atom is -0.390 e. The molecule has 1 unspecified atom stereocenters. The standard InChI is InChI=1S/C17H21Cl2N5O3/c1-12-20-16(24(26)27)11-23(12)10-13(25)9-21-5-7-22(8-6-21)15-4-2-3-14(18)17(15)19/h2-4,11,13,25H,5-10H2,1H3. The van der Waals surface area contributed by atoms with Gasteiger partial charge in [0.15, 0.2) is 0 Å². The topological polar surface area (TPSA) is 87.7 Å². The zero-order valence-corrected chi connectivity index (χ0v) is 16.4. The van der Waals surface area contributed by atoms with Crippen LogP contribution >= 0.6 is 23.2 Å². The third kappa shape index (κ3) is 4.70. The van der Waals surface area contributed by atoms with Crippen molar-refractivity contribution in [3.05, 3.63) is 50.4 Å². The van der Waals surface area contributed by atoms with Crippen LogP contribution < -0.4 is 4.90 Å². The highest BCUT2D eigenvalue weighted by Gasteiger charge is 2.23. The Bertz CT molecular complexity index is 821. The van der Waals surface area contributed by atoms with E-state index in [4.69, 9.17) is 23.2 Å². The maximum atomic E-state index is 10.8. The lowest BCUT2D eigenvalue weighted by Gasteiger charge is -2.37. The average Bonchev–Trinajstić information content (AvgIpc) is 2.99. The van der Waals surface area contributed by atoms with Gasteiger partial charge in [-0.1, -0.05) is 29.3 Å². The highest BCUT2D eigenvalue weighted by Crippen LogP contribution is 2.32. The maximum Gasteiger partial charge on any atom is 0.381 e. The lowest BCUT2D eigenvalue weighted by Crippen LogP contribution is -2.49. The Kier molecular flexibility index (Phi) is 6.21. The molecule has 0 amide bonds. The second-order valence-corrected chi connectivity index (χ2v) is 7.36. The molecular formula is C17H21Cl2N5O3. The molecule has 0 saturated carbocycles. The van der Waals surface area contributed by atoms with E-state index >= 15 is 0 Å². The molecule has 146 valence electrons. The van der Waals surface area contributed by atoms with E-state index in [9.17, 15) is 15.2 Å². The number of aliphatic hydroxyl groups is 1. The predicted octanol–water partition coefficient (Wildman–Crippen LogP) is 2.59. The molecule has 1 aliphatic rings. The van der Waals surface area contributed by atoms with Crippen molar-refractivity contribution in [3.8, 4) is 0 Å². The lowest BCUT2D eigenvalue weighted by molar-refractivity contribution is -0.389. The van der Waals surface area contributed by atoms with Crippen molar-refractivity contribution in [1.82, 2.24) is 14.5 Å². The first kappa shape index (κ1) is 19.9. The van der Waals surface area contributed by atoms with Crippen LogP contribution in [0, 0.1) is 17.0 Å². The van der Waals surface area contributed by atoms with Gasteiger partial charge in [0.25, 0.3) is 0 Å². The van der Waals surface area contributed by atoms with Crippen molar-refractivity contribution >= 4 is 34.7 Å². The Morgan fingerprint density at radius 3 is 2.59 bits per heavy atom. The van der Waals surface area contributed by atoms with E-state index < -0.39 is 11.0 Å². The molecule has 2 aromatic rings. The Morgan fingerprint density at radius 1 is 1.26 bits per heavy atom. The number of nitrogens with zero attached hydrogens (tertiary/aromatic N) is 5. The summed E-state index contributed by atoms with van der Waals surface area (Å²) in [5.41, 5.74) is 0.922. The summed E-state index contributed by atoms with van der Waals surface area (Å²) in [6.45, 7) is 5.57. The molecule has 1 aromatic heterocycles. The van der Waals surface area contributed by atoms with Crippen LogP contribution in [0.1, 0.15) is 5.82 Å². The predicted molar refractivity (Wildman–Crippen MR) is 105 cm³/mol. The van der Waals surface area contributed by atoms with E-state index in [2.05, 4.69) is 14.8 Å². The summed E-state index contributed by atoms with van der Waals surface area (Å²) in [4.78, 5) is 18.5. The fourth-order valence-corrected chi connectivity index (χ4v) is 3.67. The smallest absolute Gasteiger partial charge is 0.381 e. The van der Waals surface area contributed by atoms with E-state index in [1.807, 2.05) is 12.1 Å². The van der Waals surface area contributed by atoms with Gasteiger partial charge in [0.1, 0.15) is 6.20 Å². The molecule has 1 fully saturated rings. The number of benzene rings is 1. The van der Waals surface area contributed by atoms with Crippen molar-refractivity contribution in [2.24, 2.45) is 0 Å². The number of rotatable bonds is 6. The number of hydrogen-bond donors (Lipinski definition) is 1. The first-order valence-electron chi connectivity index (χ1n) is 8.62. The number of hydrogen-bond acceptors (Lipinski definition) is 6. The van der Waals surface area contributed by atoms with E-state index in [0.29, 0.717) is 22.4 Å². The molecular weight excluding hydrogens is 393 g/mol. The molecule has 0 spiro atoms. The van der Waals surface area contributed by atoms with Gasteiger partial charge in [0, 0.05) is 39.6 Å². The van der Waals surface area contributed by atoms with Crippen LogP contribution in [0.4, 0.5) is 11.5 Å². The SMILES string of the molecule is Cc1nc([N+](=O)[O-])cn1CC(O)CN1CCN(c2cccc(Cl)c2Cl)CC1. The van der Waals surface area contributed by atoms with Crippen molar-refractivity contribution in [2.75, 3.05) is 37.6 Å². The quantitative estimate of drug-likeness (QED) is 0.578. The first-order valence-corrected chi connectivity index (χ1v) is 9.38. The third-order valence-corrected chi connectivity index (χ3v) is 5.48. The number of anilines is 1. The number of aliphatic hydroxyl groups excluding tert-OH is 1. The monoisotopic (exact) mass is 413 g/mol. The van der Waals surface area contributed by atoms with Crippen molar-refractivity contribution in [1.29, 1.82) is 0 Å². The van der Waals surface area contributed by atoms with Gasteiger partial charge in [0.05, 0.1) is 28.4 Å². The van der Waals surface area contributed by atoms with Crippen LogP contribution in [0.2, 0.25) is 10.0 Å². The molecule has 27 heavy (non-hydrogen) atoms. The summed E-state index contributed by atoms with van der Waals surface area (Å²) in [5, 5.41) is 22.3. The average molecular weight is 414 g/mol. The number of imidazole rings is 1. The zero-order valence-electron chi connectivity index (χ0n) is 14.9. The van der Waals surface area contributed by atoms with Gasteiger partial charge in [-0.3, -0.25) is 4.90 Å². The lowest BCUT2D eigenvalue weighted by atomic mass is 10.2.